The fourth-order valence-electron chi connectivity index (χ4n) is 2.29. The molecular weight excluding hydrogens is 273 g/mol. The number of nitrogens with one attached hydrogen (secondary N) is 1. The molecule has 0 fully saturated rings. The second-order valence-electron chi connectivity index (χ2n) is 5.29. The molecule has 1 amide bonds. The molecule has 1 aromatic heterocycles. The van der Waals surface area contributed by atoms with Gasteiger partial charge in [-0.05, 0) is 26.2 Å². The van der Waals surface area contributed by atoms with Gasteiger partial charge in [0.1, 0.15) is 0 Å². The number of alkyl halides is 3. The van der Waals surface area contributed by atoms with Crippen molar-refractivity contribution >= 4 is 5.91 Å². The maximum absolute atomic E-state index is 12.7. The summed E-state index contributed by atoms with van der Waals surface area (Å²) in [4.78, 5) is 11.8. The zero-order valence-electron chi connectivity index (χ0n) is 11.3. The van der Waals surface area contributed by atoms with Gasteiger partial charge in [0.05, 0.1) is 12.2 Å². The molecule has 0 radical (unpaired) electrons. The van der Waals surface area contributed by atoms with E-state index in [9.17, 15) is 18.0 Å². The Morgan fingerprint density at radius 2 is 2.20 bits per heavy atom. The van der Waals surface area contributed by atoms with E-state index in [0.717, 1.165) is 24.1 Å². The van der Waals surface area contributed by atoms with Crippen LogP contribution < -0.4 is 11.1 Å². The van der Waals surface area contributed by atoms with Crippen LogP contribution in [0.15, 0.2) is 6.20 Å². The van der Waals surface area contributed by atoms with E-state index in [2.05, 4.69) is 10.4 Å². The Hall–Kier alpha value is -1.57. The molecular formula is C12H17F3N4O. The number of fused-ring (bicyclic) bond motifs is 1. The summed E-state index contributed by atoms with van der Waals surface area (Å²) < 4.78 is 39.9. The Morgan fingerprint density at radius 1 is 1.55 bits per heavy atom. The van der Waals surface area contributed by atoms with Crippen molar-refractivity contribution in [3.05, 3.63) is 17.5 Å². The van der Waals surface area contributed by atoms with E-state index >= 15 is 0 Å². The number of aryl methyl sites for hydroxylation is 1. The van der Waals surface area contributed by atoms with Crippen LogP contribution in [0, 0.1) is 0 Å². The summed E-state index contributed by atoms with van der Waals surface area (Å²) >= 11 is 0. The fraction of sp³-hybridized carbons (Fsp3) is 0.667. The Labute approximate surface area is 114 Å². The molecule has 1 aromatic rings. The van der Waals surface area contributed by atoms with Crippen molar-refractivity contribution < 1.29 is 18.0 Å². The molecule has 8 heteroatoms. The zero-order valence-corrected chi connectivity index (χ0v) is 11.3. The lowest BCUT2D eigenvalue weighted by Gasteiger charge is -2.30. The number of amides is 1. The number of carbonyl (C=O) groups is 1. The Morgan fingerprint density at radius 3 is 2.80 bits per heavy atom. The van der Waals surface area contributed by atoms with Gasteiger partial charge in [0.2, 0.25) is 5.91 Å². The van der Waals surface area contributed by atoms with Gasteiger partial charge in [-0.1, -0.05) is 0 Å². The summed E-state index contributed by atoms with van der Waals surface area (Å²) in [5.74, 6) is -1.22. The predicted octanol–water partition coefficient (Wildman–Crippen LogP) is 1.19. The highest BCUT2D eigenvalue weighted by Gasteiger charge is 2.54. The highest BCUT2D eigenvalue weighted by molar-refractivity contribution is 5.87. The van der Waals surface area contributed by atoms with Gasteiger partial charge in [0.15, 0.2) is 5.54 Å². The lowest BCUT2D eigenvalue weighted by Crippen LogP contribution is -2.61. The number of halogens is 3. The van der Waals surface area contributed by atoms with Crippen molar-refractivity contribution in [1.82, 2.24) is 15.1 Å². The molecule has 2 unspecified atom stereocenters. The number of nitrogens with two attached hydrogens (primary N) is 1. The molecule has 2 atom stereocenters. The van der Waals surface area contributed by atoms with Gasteiger partial charge in [-0.3, -0.25) is 9.48 Å². The highest BCUT2D eigenvalue weighted by Crippen LogP contribution is 2.32. The summed E-state index contributed by atoms with van der Waals surface area (Å²) in [6, 6.07) is -0.467. The highest BCUT2D eigenvalue weighted by atomic mass is 19.4. The SMILES string of the molecule is Cn1ncc2c1CCCC2NC(=O)C(C)(N)C(F)(F)F. The monoisotopic (exact) mass is 290 g/mol. The van der Waals surface area contributed by atoms with Crippen LogP contribution >= 0.6 is 0 Å². The third kappa shape index (κ3) is 2.39. The van der Waals surface area contributed by atoms with Gasteiger partial charge in [-0.15, -0.1) is 0 Å². The van der Waals surface area contributed by atoms with E-state index in [-0.39, 0.29) is 0 Å². The predicted molar refractivity (Wildman–Crippen MR) is 65.7 cm³/mol. The average Bonchev–Trinajstić information content (AvgIpc) is 2.71. The first-order valence-corrected chi connectivity index (χ1v) is 6.32. The van der Waals surface area contributed by atoms with Gasteiger partial charge < -0.3 is 11.1 Å². The van der Waals surface area contributed by atoms with Crippen molar-refractivity contribution in [3.8, 4) is 0 Å². The molecule has 0 aromatic carbocycles. The van der Waals surface area contributed by atoms with E-state index in [0.29, 0.717) is 13.3 Å². The van der Waals surface area contributed by atoms with Crippen molar-refractivity contribution in [2.45, 2.75) is 43.9 Å². The number of nitrogens with zero attached hydrogens (tertiary/aromatic N) is 2. The average molecular weight is 290 g/mol. The van der Waals surface area contributed by atoms with E-state index < -0.39 is 23.7 Å². The number of carbonyl (C=O) groups excluding carboxylic acids is 1. The molecule has 1 aliphatic carbocycles. The van der Waals surface area contributed by atoms with Crippen LogP contribution in [0.25, 0.3) is 0 Å². The molecule has 0 saturated heterocycles. The number of aromatic nitrogens is 2. The first kappa shape index (κ1) is 14.8. The first-order chi connectivity index (χ1) is 9.14. The normalized spacial score (nSPS) is 22.0. The van der Waals surface area contributed by atoms with Gasteiger partial charge in [-0.25, -0.2) is 0 Å². The summed E-state index contributed by atoms with van der Waals surface area (Å²) in [5, 5.41) is 6.48. The third-order valence-corrected chi connectivity index (χ3v) is 3.74. The minimum absolute atomic E-state index is 0.467. The molecule has 2 rings (SSSR count). The molecule has 0 aliphatic heterocycles. The Balaban J connectivity index is 2.18. The number of hydrogen-bond acceptors (Lipinski definition) is 3. The minimum atomic E-state index is -4.79. The van der Waals surface area contributed by atoms with Crippen LogP contribution in [0.1, 0.15) is 37.1 Å². The van der Waals surface area contributed by atoms with E-state index in [1.54, 1.807) is 17.9 Å². The molecule has 0 bridgehead atoms. The molecule has 1 aliphatic rings. The molecule has 0 spiro atoms. The maximum Gasteiger partial charge on any atom is 0.415 e. The van der Waals surface area contributed by atoms with Crippen LogP contribution in [-0.4, -0.2) is 27.4 Å². The van der Waals surface area contributed by atoms with Crippen LogP contribution in [-0.2, 0) is 18.3 Å². The quantitative estimate of drug-likeness (QED) is 0.859. The van der Waals surface area contributed by atoms with E-state index in [4.69, 9.17) is 5.73 Å². The molecule has 1 heterocycles. The lowest BCUT2D eigenvalue weighted by atomic mass is 9.91. The molecule has 3 N–H and O–H groups in total. The Bertz CT molecular complexity index is 521. The molecule has 112 valence electrons. The molecule has 5 nitrogen and oxygen atoms in total. The maximum atomic E-state index is 12.7. The zero-order chi connectivity index (χ0) is 15.1. The largest absolute Gasteiger partial charge is 0.415 e. The number of hydrogen-bond donors (Lipinski definition) is 2. The topological polar surface area (TPSA) is 72.9 Å². The fourth-order valence-corrected chi connectivity index (χ4v) is 2.29. The first-order valence-electron chi connectivity index (χ1n) is 6.32. The summed E-state index contributed by atoms with van der Waals surface area (Å²) in [6.07, 6.45) is -1.04. The van der Waals surface area contributed by atoms with Crippen molar-refractivity contribution in [1.29, 1.82) is 0 Å². The summed E-state index contributed by atoms with van der Waals surface area (Å²) in [5.41, 5.74) is 3.93. The van der Waals surface area contributed by atoms with Crippen molar-refractivity contribution in [2.24, 2.45) is 12.8 Å². The summed E-state index contributed by atoms with van der Waals surface area (Å²) in [7, 11) is 1.77. The van der Waals surface area contributed by atoms with Gasteiger partial charge in [0, 0.05) is 18.3 Å². The van der Waals surface area contributed by atoms with Crippen LogP contribution in [0.3, 0.4) is 0 Å². The smallest absolute Gasteiger partial charge is 0.347 e. The number of rotatable bonds is 2. The van der Waals surface area contributed by atoms with Crippen LogP contribution in [0.5, 0.6) is 0 Å². The summed E-state index contributed by atoms with van der Waals surface area (Å²) in [6.45, 7) is 0.676. The third-order valence-electron chi connectivity index (χ3n) is 3.74. The van der Waals surface area contributed by atoms with Gasteiger partial charge in [-0.2, -0.15) is 18.3 Å². The van der Waals surface area contributed by atoms with Gasteiger partial charge >= 0.3 is 6.18 Å². The standard InChI is InChI=1S/C12H17F3N4O/c1-11(16,12(13,14)15)10(20)18-8-4-3-5-9-7(8)6-17-19(9)2/h6,8H,3-5,16H2,1-2H3,(H,18,20). The molecule has 20 heavy (non-hydrogen) atoms. The lowest BCUT2D eigenvalue weighted by molar-refractivity contribution is -0.187. The van der Waals surface area contributed by atoms with E-state index in [1.807, 2.05) is 0 Å². The van der Waals surface area contributed by atoms with E-state index in [1.165, 1.54) is 0 Å². The molecule has 0 saturated carbocycles. The van der Waals surface area contributed by atoms with Crippen LogP contribution in [0.2, 0.25) is 0 Å². The van der Waals surface area contributed by atoms with Crippen LogP contribution in [0.4, 0.5) is 13.2 Å². The van der Waals surface area contributed by atoms with Gasteiger partial charge in [0.25, 0.3) is 0 Å². The second kappa shape index (κ2) is 4.76. The van der Waals surface area contributed by atoms with Crippen molar-refractivity contribution in [2.75, 3.05) is 0 Å². The van der Waals surface area contributed by atoms with Crippen molar-refractivity contribution in [3.63, 3.8) is 0 Å². The second-order valence-corrected chi connectivity index (χ2v) is 5.29. The minimum Gasteiger partial charge on any atom is -0.347 e. The Kier molecular flexibility index (Phi) is 3.53.